The summed E-state index contributed by atoms with van der Waals surface area (Å²) in [6.45, 7) is 0. The Hall–Kier alpha value is -3.77. The van der Waals surface area contributed by atoms with Crippen molar-refractivity contribution >= 4 is 50.9 Å². The minimum absolute atomic E-state index is 0.326. The van der Waals surface area contributed by atoms with Crippen LogP contribution >= 0.6 is 15.9 Å². The number of fused-ring (bicyclic) bond motifs is 1. The predicted molar refractivity (Wildman–Crippen MR) is 129 cm³/mol. The maximum Gasteiger partial charge on any atom is 0.339 e. The molecule has 32 heavy (non-hydrogen) atoms. The van der Waals surface area contributed by atoms with Crippen molar-refractivity contribution in [1.29, 1.82) is 0 Å². The fraction of sp³-hybridized carbons (Fsp3) is 0.0385. The molecule has 4 aromatic rings. The van der Waals surface area contributed by atoms with Gasteiger partial charge in [-0.15, -0.1) is 0 Å². The van der Waals surface area contributed by atoms with E-state index >= 15 is 0 Å². The van der Waals surface area contributed by atoms with Gasteiger partial charge >= 0.3 is 5.97 Å². The normalized spacial score (nSPS) is 12.0. The molecular weight excluding hydrogens is 468 g/mol. The van der Waals surface area contributed by atoms with Gasteiger partial charge in [-0.05, 0) is 48.0 Å². The Kier molecular flexibility index (Phi) is 6.42. The number of hydrogen-bond donors (Lipinski definition) is 1. The van der Waals surface area contributed by atoms with Gasteiger partial charge in [-0.1, -0.05) is 70.5 Å². The van der Waals surface area contributed by atoms with Crippen molar-refractivity contribution in [2.75, 3.05) is 0 Å². The molecule has 0 aliphatic rings. The molecule has 1 unspecified atom stereocenters. The number of esters is 1. The molecule has 6 heteroatoms. The van der Waals surface area contributed by atoms with Crippen LogP contribution in [0.4, 0.5) is 0 Å². The van der Waals surface area contributed by atoms with Gasteiger partial charge in [0.05, 0.1) is 16.8 Å². The Morgan fingerprint density at radius 1 is 0.906 bits per heavy atom. The van der Waals surface area contributed by atoms with Gasteiger partial charge in [-0.25, -0.2) is 9.78 Å². The SMILES string of the molecule is NC(=O)C(OC(=O)c1ccc(/C=C/c2ccc3ccccc3n2)cc1)c1cccc(Br)c1. The molecule has 0 aliphatic heterocycles. The number of rotatable bonds is 6. The molecule has 4 rings (SSSR count). The highest BCUT2D eigenvalue weighted by Gasteiger charge is 2.23. The number of nitrogens with zero attached hydrogens (tertiary/aromatic N) is 1. The van der Waals surface area contributed by atoms with E-state index in [2.05, 4.69) is 20.9 Å². The number of hydrogen-bond acceptors (Lipinski definition) is 4. The number of para-hydroxylation sites is 1. The molecule has 0 fully saturated rings. The van der Waals surface area contributed by atoms with Crippen molar-refractivity contribution in [3.05, 3.63) is 112 Å². The molecule has 0 aliphatic carbocycles. The number of carbonyl (C=O) groups is 2. The smallest absolute Gasteiger partial charge is 0.339 e. The van der Waals surface area contributed by atoms with Gasteiger partial charge in [-0.2, -0.15) is 0 Å². The molecule has 5 nitrogen and oxygen atoms in total. The number of amides is 1. The zero-order valence-electron chi connectivity index (χ0n) is 16.9. The third-order valence-corrected chi connectivity index (χ3v) is 5.34. The molecule has 0 spiro atoms. The topological polar surface area (TPSA) is 82.3 Å². The lowest BCUT2D eigenvalue weighted by Gasteiger charge is -2.15. The number of aromatic nitrogens is 1. The number of primary amides is 1. The van der Waals surface area contributed by atoms with Gasteiger partial charge < -0.3 is 10.5 Å². The van der Waals surface area contributed by atoms with Crippen molar-refractivity contribution in [2.45, 2.75) is 6.10 Å². The third kappa shape index (κ3) is 5.10. The Bertz CT molecular complexity index is 1320. The van der Waals surface area contributed by atoms with E-state index in [1.807, 2.05) is 54.6 Å². The van der Waals surface area contributed by atoms with Crippen molar-refractivity contribution in [3.8, 4) is 0 Å². The van der Waals surface area contributed by atoms with Gasteiger partial charge in [-0.3, -0.25) is 4.79 Å². The van der Waals surface area contributed by atoms with Crippen LogP contribution in [0.25, 0.3) is 23.1 Å². The van der Waals surface area contributed by atoms with E-state index < -0.39 is 18.0 Å². The second-order valence-corrected chi connectivity index (χ2v) is 8.04. The summed E-state index contributed by atoms with van der Waals surface area (Å²) in [5.74, 6) is -1.36. The summed E-state index contributed by atoms with van der Waals surface area (Å²) < 4.78 is 6.15. The fourth-order valence-electron chi connectivity index (χ4n) is 3.22. The Morgan fingerprint density at radius 2 is 1.69 bits per heavy atom. The molecule has 0 saturated heterocycles. The Morgan fingerprint density at radius 3 is 2.44 bits per heavy atom. The summed E-state index contributed by atoms with van der Waals surface area (Å²) in [5, 5.41) is 1.09. The van der Waals surface area contributed by atoms with Crippen LogP contribution in [0.5, 0.6) is 0 Å². The number of nitrogens with two attached hydrogens (primary N) is 1. The summed E-state index contributed by atoms with van der Waals surface area (Å²) in [6.07, 6.45) is 2.66. The van der Waals surface area contributed by atoms with Gasteiger partial charge in [0.1, 0.15) is 0 Å². The molecule has 1 atom stereocenters. The third-order valence-electron chi connectivity index (χ3n) is 4.85. The summed E-state index contributed by atoms with van der Waals surface area (Å²) in [6, 6.07) is 25.7. The lowest BCUT2D eigenvalue weighted by Crippen LogP contribution is -2.26. The quantitative estimate of drug-likeness (QED) is 0.362. The molecule has 158 valence electrons. The van der Waals surface area contributed by atoms with E-state index in [0.717, 1.165) is 26.6 Å². The molecular formula is C26H19BrN2O3. The number of pyridine rings is 1. The van der Waals surface area contributed by atoms with Gasteiger partial charge in [0, 0.05) is 15.4 Å². The van der Waals surface area contributed by atoms with Crippen LogP contribution in [0, 0.1) is 0 Å². The molecule has 1 aromatic heterocycles. The van der Waals surface area contributed by atoms with E-state index in [-0.39, 0.29) is 0 Å². The van der Waals surface area contributed by atoms with E-state index in [1.54, 1.807) is 42.5 Å². The summed E-state index contributed by atoms with van der Waals surface area (Å²) in [4.78, 5) is 29.0. The zero-order valence-corrected chi connectivity index (χ0v) is 18.5. The molecule has 2 N–H and O–H groups in total. The van der Waals surface area contributed by atoms with Crippen LogP contribution in [-0.4, -0.2) is 16.9 Å². The maximum atomic E-state index is 12.6. The summed E-state index contributed by atoms with van der Waals surface area (Å²) >= 11 is 3.34. The first-order valence-corrected chi connectivity index (χ1v) is 10.7. The lowest BCUT2D eigenvalue weighted by molar-refractivity contribution is -0.127. The second-order valence-electron chi connectivity index (χ2n) is 7.13. The first kappa shape index (κ1) is 21.5. The molecule has 0 radical (unpaired) electrons. The monoisotopic (exact) mass is 486 g/mol. The highest BCUT2D eigenvalue weighted by molar-refractivity contribution is 9.10. The Balaban J connectivity index is 1.46. The highest BCUT2D eigenvalue weighted by atomic mass is 79.9. The largest absolute Gasteiger partial charge is 0.444 e. The summed E-state index contributed by atoms with van der Waals surface area (Å²) in [7, 11) is 0. The van der Waals surface area contributed by atoms with Crippen molar-refractivity contribution < 1.29 is 14.3 Å². The molecule has 1 heterocycles. The minimum atomic E-state index is -1.17. The molecule has 0 saturated carbocycles. The standard InChI is InChI=1S/C26H19BrN2O3/c27-21-6-3-5-20(16-21)24(25(28)30)32-26(31)19-11-8-17(9-12-19)10-14-22-15-13-18-4-1-2-7-23(18)29-22/h1-16,24H,(H2,28,30)/b14-10+. The highest BCUT2D eigenvalue weighted by Crippen LogP contribution is 2.23. The molecule has 3 aromatic carbocycles. The van der Waals surface area contributed by atoms with E-state index in [1.165, 1.54) is 0 Å². The lowest BCUT2D eigenvalue weighted by atomic mass is 10.1. The van der Waals surface area contributed by atoms with Crippen LogP contribution in [0.15, 0.2) is 89.4 Å². The second kappa shape index (κ2) is 9.58. The van der Waals surface area contributed by atoms with Crippen molar-refractivity contribution in [3.63, 3.8) is 0 Å². The number of carbonyl (C=O) groups excluding carboxylic acids is 2. The van der Waals surface area contributed by atoms with Crippen molar-refractivity contribution in [2.24, 2.45) is 5.73 Å². The van der Waals surface area contributed by atoms with Crippen LogP contribution < -0.4 is 5.73 Å². The average molecular weight is 487 g/mol. The van der Waals surface area contributed by atoms with E-state index in [0.29, 0.717) is 11.1 Å². The first-order chi connectivity index (χ1) is 15.5. The first-order valence-electron chi connectivity index (χ1n) is 9.89. The van der Waals surface area contributed by atoms with Crippen LogP contribution in [0.3, 0.4) is 0 Å². The number of ether oxygens (including phenoxy) is 1. The fourth-order valence-corrected chi connectivity index (χ4v) is 3.64. The van der Waals surface area contributed by atoms with E-state index in [9.17, 15) is 9.59 Å². The zero-order chi connectivity index (χ0) is 22.5. The van der Waals surface area contributed by atoms with Gasteiger partial charge in [0.25, 0.3) is 5.91 Å². The van der Waals surface area contributed by atoms with Crippen molar-refractivity contribution in [1.82, 2.24) is 4.98 Å². The van der Waals surface area contributed by atoms with Crippen LogP contribution in [0.1, 0.15) is 33.3 Å². The van der Waals surface area contributed by atoms with Gasteiger partial charge in [0.15, 0.2) is 0 Å². The molecule has 1 amide bonds. The van der Waals surface area contributed by atoms with Crippen LogP contribution in [0.2, 0.25) is 0 Å². The predicted octanol–water partition coefficient (Wildman–Crippen LogP) is 5.55. The average Bonchev–Trinajstić information content (AvgIpc) is 2.81. The number of halogens is 1. The van der Waals surface area contributed by atoms with E-state index in [4.69, 9.17) is 10.5 Å². The molecule has 0 bridgehead atoms. The number of benzene rings is 3. The summed E-state index contributed by atoms with van der Waals surface area (Å²) in [5.41, 5.74) is 8.95. The van der Waals surface area contributed by atoms with Crippen LogP contribution in [-0.2, 0) is 9.53 Å². The minimum Gasteiger partial charge on any atom is -0.444 e. The van der Waals surface area contributed by atoms with Gasteiger partial charge in [0.2, 0.25) is 6.10 Å². The maximum absolute atomic E-state index is 12.6. The Labute approximate surface area is 193 Å².